The molecule has 0 aromatic heterocycles. The Hall–Kier alpha value is -2.96. The van der Waals surface area contributed by atoms with E-state index in [1.807, 2.05) is 0 Å². The lowest BCUT2D eigenvalue weighted by atomic mass is 10.2. The van der Waals surface area contributed by atoms with Gasteiger partial charge in [0, 0.05) is 6.54 Å². The van der Waals surface area contributed by atoms with Gasteiger partial charge in [-0.15, -0.1) is 0 Å². The number of aliphatic hydroxyl groups is 3. The van der Waals surface area contributed by atoms with E-state index in [1.54, 1.807) is 6.08 Å². The first-order valence-electron chi connectivity index (χ1n) is 8.74. The summed E-state index contributed by atoms with van der Waals surface area (Å²) < 4.78 is 18.1. The zero-order valence-electron chi connectivity index (χ0n) is 15.6. The van der Waals surface area contributed by atoms with Crippen LogP contribution in [0.15, 0.2) is 60.7 Å². The minimum Gasteiger partial charge on any atom is -0.491 e. The lowest BCUT2D eigenvalue weighted by Gasteiger charge is -2.14. The van der Waals surface area contributed by atoms with Crippen LogP contribution < -0.4 is 10.1 Å². The number of halogens is 1. The Bertz CT molecular complexity index is 764. The summed E-state index contributed by atoms with van der Waals surface area (Å²) in [6, 6.07) is 5.46. The van der Waals surface area contributed by atoms with E-state index in [2.05, 4.69) is 17.2 Å². The van der Waals surface area contributed by atoms with E-state index in [-0.39, 0.29) is 25.5 Å². The Morgan fingerprint density at radius 3 is 2.48 bits per heavy atom. The minimum atomic E-state index is -1.15. The fraction of sp³-hybridized carbons (Fsp3) is 0.286. The maximum absolute atomic E-state index is 12.8. The Balaban J connectivity index is 2.27. The van der Waals surface area contributed by atoms with Crippen molar-refractivity contribution in [2.45, 2.75) is 18.3 Å². The number of nitrogens with one attached hydrogen (secondary N) is 1. The molecule has 156 valence electrons. The number of hydrogen-bond acceptors (Lipinski definition) is 6. The molecule has 0 amide bonds. The molecule has 0 saturated carbocycles. The number of ether oxygens (including phenoxy) is 1. The average molecular weight is 405 g/mol. The SMILES string of the molecule is O=C(O)CNC[C@H](O)[C@H](O)C=CC=CC#CC=C[C@H](O)COc1ccc(F)cc1. The fourth-order valence-electron chi connectivity index (χ4n) is 1.88. The summed E-state index contributed by atoms with van der Waals surface area (Å²) in [6.45, 7) is -0.354. The Kier molecular flexibility index (Phi) is 11.7. The molecule has 0 spiro atoms. The molecular formula is C21H24FNO6. The number of rotatable bonds is 11. The van der Waals surface area contributed by atoms with Crippen LogP contribution in [0.5, 0.6) is 5.75 Å². The van der Waals surface area contributed by atoms with Crippen molar-refractivity contribution in [1.82, 2.24) is 5.32 Å². The van der Waals surface area contributed by atoms with E-state index >= 15 is 0 Å². The predicted molar refractivity (Wildman–Crippen MR) is 106 cm³/mol. The van der Waals surface area contributed by atoms with Gasteiger partial charge in [0.25, 0.3) is 0 Å². The van der Waals surface area contributed by atoms with E-state index in [1.165, 1.54) is 54.6 Å². The third-order valence-corrected chi connectivity index (χ3v) is 3.34. The Labute approximate surface area is 168 Å². The van der Waals surface area contributed by atoms with Crippen molar-refractivity contribution in [3.05, 3.63) is 66.5 Å². The zero-order chi connectivity index (χ0) is 21.5. The van der Waals surface area contributed by atoms with Gasteiger partial charge in [0.1, 0.15) is 24.3 Å². The maximum atomic E-state index is 12.8. The van der Waals surface area contributed by atoms with Gasteiger partial charge in [0.05, 0.1) is 18.8 Å². The van der Waals surface area contributed by atoms with Crippen LogP contribution in [0.2, 0.25) is 0 Å². The number of hydrogen-bond donors (Lipinski definition) is 5. The maximum Gasteiger partial charge on any atom is 0.317 e. The Morgan fingerprint density at radius 2 is 1.79 bits per heavy atom. The molecule has 8 heteroatoms. The lowest BCUT2D eigenvalue weighted by molar-refractivity contribution is -0.136. The molecule has 0 aliphatic carbocycles. The molecular weight excluding hydrogens is 381 g/mol. The average Bonchev–Trinajstić information content (AvgIpc) is 2.69. The molecule has 1 aromatic carbocycles. The standard InChI is InChI=1S/C21H24FNO6/c22-16-9-11-18(12-10-16)29-15-17(24)7-5-3-1-2-4-6-8-19(25)20(26)13-23-14-21(27)28/h2,4-12,17,19-20,23-26H,13-15H2,(H,27,28)/t17-,19+,20-/m0/s1. The van der Waals surface area contributed by atoms with Crippen LogP contribution >= 0.6 is 0 Å². The van der Waals surface area contributed by atoms with Gasteiger partial charge >= 0.3 is 5.97 Å². The van der Waals surface area contributed by atoms with E-state index in [9.17, 15) is 24.5 Å². The predicted octanol–water partition coefficient (Wildman–Crippen LogP) is 0.633. The van der Waals surface area contributed by atoms with Crippen molar-refractivity contribution >= 4 is 5.97 Å². The highest BCUT2D eigenvalue weighted by Gasteiger charge is 2.12. The third kappa shape index (κ3) is 12.2. The normalized spacial score (nSPS) is 14.6. The highest BCUT2D eigenvalue weighted by molar-refractivity contribution is 5.68. The summed E-state index contributed by atoms with van der Waals surface area (Å²) in [5.74, 6) is 4.40. The summed E-state index contributed by atoms with van der Waals surface area (Å²) in [5, 5.41) is 40.0. The summed E-state index contributed by atoms with van der Waals surface area (Å²) >= 11 is 0. The largest absolute Gasteiger partial charge is 0.491 e. The molecule has 0 aliphatic rings. The summed E-state index contributed by atoms with van der Waals surface area (Å²) in [4.78, 5) is 10.3. The highest BCUT2D eigenvalue weighted by Crippen LogP contribution is 2.11. The molecule has 0 saturated heterocycles. The van der Waals surface area contributed by atoms with Gasteiger partial charge in [-0.2, -0.15) is 0 Å². The molecule has 3 atom stereocenters. The third-order valence-electron chi connectivity index (χ3n) is 3.34. The van der Waals surface area contributed by atoms with Gasteiger partial charge < -0.3 is 30.5 Å². The summed E-state index contributed by atoms with van der Waals surface area (Å²) in [6.07, 6.45) is 5.65. The highest BCUT2D eigenvalue weighted by atomic mass is 19.1. The lowest BCUT2D eigenvalue weighted by Crippen LogP contribution is -2.37. The minimum absolute atomic E-state index is 0.00390. The second-order valence-electron chi connectivity index (χ2n) is 5.81. The van der Waals surface area contributed by atoms with Gasteiger partial charge in [0.2, 0.25) is 0 Å². The van der Waals surface area contributed by atoms with Crippen LogP contribution in [-0.4, -0.2) is 64.4 Å². The van der Waals surface area contributed by atoms with Crippen molar-refractivity contribution < 1.29 is 34.3 Å². The van der Waals surface area contributed by atoms with Crippen molar-refractivity contribution in [2.75, 3.05) is 19.7 Å². The van der Waals surface area contributed by atoms with Crippen LogP contribution in [0.4, 0.5) is 4.39 Å². The smallest absolute Gasteiger partial charge is 0.317 e. The van der Waals surface area contributed by atoms with Crippen molar-refractivity contribution in [2.24, 2.45) is 0 Å². The van der Waals surface area contributed by atoms with Crippen LogP contribution in [0.3, 0.4) is 0 Å². The number of allylic oxidation sites excluding steroid dienone is 4. The van der Waals surface area contributed by atoms with Crippen LogP contribution in [-0.2, 0) is 4.79 Å². The molecule has 0 fully saturated rings. The molecule has 0 radical (unpaired) electrons. The molecule has 1 aromatic rings. The van der Waals surface area contributed by atoms with E-state index in [4.69, 9.17) is 9.84 Å². The van der Waals surface area contributed by atoms with Crippen molar-refractivity contribution in [1.29, 1.82) is 0 Å². The van der Waals surface area contributed by atoms with Crippen LogP contribution in [0.1, 0.15) is 0 Å². The van der Waals surface area contributed by atoms with Gasteiger partial charge in [-0.05, 0) is 42.5 Å². The van der Waals surface area contributed by atoms with Crippen LogP contribution in [0, 0.1) is 17.7 Å². The molecule has 0 heterocycles. The first-order chi connectivity index (χ1) is 13.9. The number of carboxylic acid groups (broad SMARTS) is 1. The second kappa shape index (κ2) is 14.1. The number of carbonyl (C=O) groups is 1. The zero-order valence-corrected chi connectivity index (χ0v) is 15.6. The molecule has 0 unspecified atom stereocenters. The van der Waals surface area contributed by atoms with Gasteiger partial charge in [-0.1, -0.05) is 30.1 Å². The molecule has 5 N–H and O–H groups in total. The number of carboxylic acids is 1. The molecule has 1 rings (SSSR count). The van der Waals surface area contributed by atoms with E-state index in [0.717, 1.165) is 0 Å². The number of aliphatic carboxylic acids is 1. The van der Waals surface area contributed by atoms with Gasteiger partial charge in [0.15, 0.2) is 0 Å². The molecule has 29 heavy (non-hydrogen) atoms. The van der Waals surface area contributed by atoms with Crippen molar-refractivity contribution in [3.63, 3.8) is 0 Å². The molecule has 0 bridgehead atoms. The summed E-state index contributed by atoms with van der Waals surface area (Å²) in [7, 11) is 0. The fourth-order valence-corrected chi connectivity index (χ4v) is 1.88. The number of benzene rings is 1. The first-order valence-corrected chi connectivity index (χ1v) is 8.74. The molecule has 7 nitrogen and oxygen atoms in total. The first kappa shape index (κ1) is 24.1. The van der Waals surface area contributed by atoms with E-state index < -0.39 is 24.3 Å². The topological polar surface area (TPSA) is 119 Å². The second-order valence-corrected chi connectivity index (χ2v) is 5.81. The van der Waals surface area contributed by atoms with Crippen LogP contribution in [0.25, 0.3) is 0 Å². The number of aliphatic hydroxyl groups excluding tert-OH is 3. The summed E-state index contributed by atoms with van der Waals surface area (Å²) in [5.41, 5.74) is 0. The quantitative estimate of drug-likeness (QED) is 0.271. The van der Waals surface area contributed by atoms with E-state index in [0.29, 0.717) is 5.75 Å². The van der Waals surface area contributed by atoms with Gasteiger partial charge in [-0.25, -0.2) is 4.39 Å². The van der Waals surface area contributed by atoms with Crippen molar-refractivity contribution in [3.8, 4) is 17.6 Å². The Morgan fingerprint density at radius 1 is 1.10 bits per heavy atom. The monoisotopic (exact) mass is 405 g/mol. The molecule has 0 aliphatic heterocycles. The van der Waals surface area contributed by atoms with Gasteiger partial charge in [-0.3, -0.25) is 4.79 Å².